The van der Waals surface area contributed by atoms with E-state index in [4.69, 9.17) is 0 Å². The van der Waals surface area contributed by atoms with Gasteiger partial charge in [-0.2, -0.15) is 0 Å². The highest BCUT2D eigenvalue weighted by molar-refractivity contribution is 8.00. The van der Waals surface area contributed by atoms with Crippen LogP contribution in [0.3, 0.4) is 0 Å². The van der Waals surface area contributed by atoms with Gasteiger partial charge in [0.2, 0.25) is 0 Å². The largest absolute Gasteiger partial charge is 0.366 e. The number of carbonyl (C=O) groups excluding carboxylic acids is 2. The second kappa shape index (κ2) is 4.48. The van der Waals surface area contributed by atoms with Gasteiger partial charge in [0.15, 0.2) is 11.6 Å². The van der Waals surface area contributed by atoms with Crippen LogP contribution in [0.2, 0.25) is 0 Å². The van der Waals surface area contributed by atoms with Crippen molar-refractivity contribution in [2.45, 2.75) is 18.9 Å². The molecule has 0 aromatic heterocycles. The Morgan fingerprint density at radius 3 is 2.85 bits per heavy atom. The van der Waals surface area contributed by atoms with E-state index in [1.54, 1.807) is 11.8 Å². The topological polar surface area (TPSA) is 37.4 Å². The van der Waals surface area contributed by atoms with Crippen molar-refractivity contribution in [2.75, 3.05) is 18.1 Å². The molecule has 3 aliphatic heterocycles. The summed E-state index contributed by atoms with van der Waals surface area (Å²) in [5.41, 5.74) is 4.10. The number of nitrogens with zero attached hydrogens (tertiary/aromatic N) is 1. The Morgan fingerprint density at radius 2 is 1.95 bits per heavy atom. The Labute approximate surface area is 122 Å². The zero-order valence-electron chi connectivity index (χ0n) is 11.1. The Balaban J connectivity index is 1.83. The van der Waals surface area contributed by atoms with Gasteiger partial charge in [-0.3, -0.25) is 9.59 Å². The summed E-state index contributed by atoms with van der Waals surface area (Å²) in [4.78, 5) is 26.7. The second-order valence-corrected chi connectivity index (χ2v) is 6.51. The van der Waals surface area contributed by atoms with Crippen LogP contribution in [0.4, 0.5) is 0 Å². The molecule has 1 atom stereocenters. The van der Waals surface area contributed by atoms with Crippen molar-refractivity contribution in [1.29, 1.82) is 0 Å². The monoisotopic (exact) mass is 285 g/mol. The van der Waals surface area contributed by atoms with Gasteiger partial charge in [0.1, 0.15) is 0 Å². The van der Waals surface area contributed by atoms with E-state index in [1.807, 2.05) is 6.07 Å². The van der Waals surface area contributed by atoms with Crippen molar-refractivity contribution < 1.29 is 9.59 Å². The van der Waals surface area contributed by atoms with Gasteiger partial charge in [0.05, 0.1) is 17.4 Å². The summed E-state index contributed by atoms with van der Waals surface area (Å²) in [7, 11) is 0. The second-order valence-electron chi connectivity index (χ2n) is 5.52. The highest BCUT2D eigenvalue weighted by Crippen LogP contribution is 2.42. The minimum absolute atomic E-state index is 0.0264. The van der Waals surface area contributed by atoms with Gasteiger partial charge in [-0.1, -0.05) is 24.3 Å². The molecule has 0 fully saturated rings. The Morgan fingerprint density at radius 1 is 1.10 bits per heavy atom. The summed E-state index contributed by atoms with van der Waals surface area (Å²) in [6.07, 6.45) is 1.45. The SMILES string of the molecule is O=C1CSCC2=C1C(=O)C[C@H]1c3ccccc3CCN21. The fourth-order valence-electron chi connectivity index (χ4n) is 3.56. The van der Waals surface area contributed by atoms with Crippen LogP contribution in [0.15, 0.2) is 35.5 Å². The first-order valence-electron chi connectivity index (χ1n) is 6.97. The highest BCUT2D eigenvalue weighted by Gasteiger charge is 2.40. The van der Waals surface area contributed by atoms with Gasteiger partial charge < -0.3 is 4.90 Å². The van der Waals surface area contributed by atoms with Crippen LogP contribution in [0, 0.1) is 0 Å². The third-order valence-electron chi connectivity index (χ3n) is 4.46. The molecule has 0 amide bonds. The summed E-state index contributed by atoms with van der Waals surface area (Å²) < 4.78 is 0. The van der Waals surface area contributed by atoms with Crippen molar-refractivity contribution in [1.82, 2.24) is 4.90 Å². The number of hydrogen-bond donors (Lipinski definition) is 0. The zero-order valence-corrected chi connectivity index (χ0v) is 11.9. The van der Waals surface area contributed by atoms with Crippen LogP contribution in [-0.4, -0.2) is 34.5 Å². The van der Waals surface area contributed by atoms with E-state index >= 15 is 0 Å². The van der Waals surface area contributed by atoms with E-state index in [9.17, 15) is 9.59 Å². The zero-order chi connectivity index (χ0) is 13.7. The van der Waals surface area contributed by atoms with E-state index in [1.165, 1.54) is 11.1 Å². The van der Waals surface area contributed by atoms with Crippen molar-refractivity contribution >= 4 is 23.3 Å². The average Bonchev–Trinajstić information content (AvgIpc) is 2.47. The van der Waals surface area contributed by atoms with E-state index in [0.29, 0.717) is 17.7 Å². The van der Waals surface area contributed by atoms with E-state index in [2.05, 4.69) is 23.1 Å². The van der Waals surface area contributed by atoms with Crippen LogP contribution in [0.25, 0.3) is 0 Å². The van der Waals surface area contributed by atoms with Gasteiger partial charge >= 0.3 is 0 Å². The minimum Gasteiger partial charge on any atom is -0.366 e. The summed E-state index contributed by atoms with van der Waals surface area (Å²) in [6, 6.07) is 8.52. The number of thioether (sulfide) groups is 1. The van der Waals surface area contributed by atoms with Crippen molar-refractivity contribution in [3.8, 4) is 0 Å². The molecule has 3 aliphatic rings. The molecule has 0 unspecified atom stereocenters. The minimum atomic E-state index is 0.0264. The predicted octanol–water partition coefficient (Wildman–Crippen LogP) is 2.13. The van der Waals surface area contributed by atoms with Gasteiger partial charge in [0, 0.05) is 24.4 Å². The molecule has 3 nitrogen and oxygen atoms in total. The molecular weight excluding hydrogens is 270 g/mol. The van der Waals surface area contributed by atoms with Crippen LogP contribution in [0.1, 0.15) is 23.6 Å². The third kappa shape index (κ3) is 1.67. The predicted molar refractivity (Wildman–Crippen MR) is 78.6 cm³/mol. The first kappa shape index (κ1) is 12.2. The van der Waals surface area contributed by atoms with Crippen LogP contribution < -0.4 is 0 Å². The molecule has 0 aliphatic carbocycles. The third-order valence-corrected chi connectivity index (χ3v) is 5.40. The summed E-state index contributed by atoms with van der Waals surface area (Å²) in [5, 5.41) is 0. The lowest BCUT2D eigenvalue weighted by molar-refractivity contribution is -0.122. The Bertz CT molecular complexity index is 650. The molecule has 4 rings (SSSR count). The van der Waals surface area contributed by atoms with Crippen molar-refractivity contribution in [3.05, 3.63) is 46.7 Å². The Kier molecular flexibility index (Phi) is 2.74. The quantitative estimate of drug-likeness (QED) is 0.684. The molecule has 0 radical (unpaired) electrons. The lowest BCUT2D eigenvalue weighted by Crippen LogP contribution is -2.44. The molecule has 102 valence electrons. The van der Waals surface area contributed by atoms with Crippen LogP contribution in [-0.2, 0) is 16.0 Å². The van der Waals surface area contributed by atoms with E-state index in [-0.39, 0.29) is 17.6 Å². The lowest BCUT2D eigenvalue weighted by atomic mass is 9.83. The fraction of sp³-hybridized carbons (Fsp3) is 0.375. The van der Waals surface area contributed by atoms with Gasteiger partial charge in [-0.25, -0.2) is 0 Å². The van der Waals surface area contributed by atoms with E-state index in [0.717, 1.165) is 24.4 Å². The fourth-order valence-corrected chi connectivity index (χ4v) is 4.50. The van der Waals surface area contributed by atoms with Gasteiger partial charge in [0.25, 0.3) is 0 Å². The van der Waals surface area contributed by atoms with Crippen molar-refractivity contribution in [2.24, 2.45) is 0 Å². The normalized spacial score (nSPS) is 25.2. The van der Waals surface area contributed by atoms with Gasteiger partial charge in [-0.15, -0.1) is 11.8 Å². The standard InChI is InChI=1S/C16H15NO2S/c18-14-7-12-11-4-2-1-3-10(11)5-6-17(12)13-8-20-9-15(19)16(13)14/h1-4,12H,5-9H2/t12-/m0/s1. The summed E-state index contributed by atoms with van der Waals surface area (Å²) in [5.74, 6) is 1.33. The van der Waals surface area contributed by atoms with Crippen molar-refractivity contribution in [3.63, 3.8) is 0 Å². The first-order chi connectivity index (χ1) is 9.75. The molecule has 0 N–H and O–H groups in total. The number of carbonyl (C=O) groups is 2. The number of ketones is 2. The molecule has 0 saturated carbocycles. The molecule has 3 heterocycles. The molecular formula is C16H15NO2S. The number of allylic oxidation sites excluding steroid dienone is 1. The number of benzene rings is 1. The lowest BCUT2D eigenvalue weighted by Gasteiger charge is -2.44. The van der Waals surface area contributed by atoms with Crippen LogP contribution >= 0.6 is 11.8 Å². The molecule has 1 aromatic carbocycles. The molecule has 0 spiro atoms. The molecule has 4 heteroatoms. The number of fused-ring (bicyclic) bond motifs is 4. The highest BCUT2D eigenvalue weighted by atomic mass is 32.2. The van der Waals surface area contributed by atoms with E-state index < -0.39 is 0 Å². The smallest absolute Gasteiger partial charge is 0.178 e. The summed E-state index contributed by atoms with van der Waals surface area (Å²) >= 11 is 1.63. The molecule has 0 bridgehead atoms. The number of Topliss-reactive ketones (excluding diaryl/α,β-unsaturated/α-hetero) is 2. The average molecular weight is 285 g/mol. The maximum absolute atomic E-state index is 12.4. The summed E-state index contributed by atoms with van der Waals surface area (Å²) in [6.45, 7) is 0.918. The molecule has 20 heavy (non-hydrogen) atoms. The number of hydrogen-bond acceptors (Lipinski definition) is 4. The molecule has 1 aromatic rings. The maximum atomic E-state index is 12.4. The van der Waals surface area contributed by atoms with Gasteiger partial charge in [-0.05, 0) is 17.5 Å². The number of rotatable bonds is 0. The molecule has 0 saturated heterocycles. The first-order valence-corrected chi connectivity index (χ1v) is 8.13. The van der Waals surface area contributed by atoms with Crippen LogP contribution in [0.5, 0.6) is 0 Å². The Hall–Kier alpha value is -1.55. The maximum Gasteiger partial charge on any atom is 0.178 e.